The molecule has 1 aliphatic heterocycles. The van der Waals surface area contributed by atoms with Gasteiger partial charge in [-0.05, 0) is 30.3 Å². The minimum absolute atomic E-state index is 0.0201. The number of thioether (sulfide) groups is 1. The van der Waals surface area contributed by atoms with Gasteiger partial charge >= 0.3 is 0 Å². The van der Waals surface area contributed by atoms with Crippen LogP contribution < -0.4 is 5.43 Å². The van der Waals surface area contributed by atoms with E-state index in [4.69, 9.17) is 9.40 Å². The molecule has 1 atom stereocenters. The number of aromatic nitrogens is 4. The van der Waals surface area contributed by atoms with E-state index in [2.05, 4.69) is 29.2 Å². The summed E-state index contributed by atoms with van der Waals surface area (Å²) in [5, 5.41) is 0.373. The van der Waals surface area contributed by atoms with Gasteiger partial charge in [-0.1, -0.05) is 15.9 Å². The maximum absolute atomic E-state index is 13.2. The number of hydrogen-bond acceptors (Lipinski definition) is 7. The van der Waals surface area contributed by atoms with Crippen molar-refractivity contribution in [2.75, 3.05) is 0 Å². The maximum atomic E-state index is 13.2. The normalized spacial score (nSPS) is 16.6. The molecule has 27 heavy (non-hydrogen) atoms. The third kappa shape index (κ3) is 2.19. The highest BCUT2D eigenvalue weighted by atomic mass is 79.9. The van der Waals surface area contributed by atoms with Crippen LogP contribution in [0.25, 0.3) is 33.0 Å². The Labute approximate surface area is 168 Å². The molecule has 4 heterocycles. The van der Waals surface area contributed by atoms with Crippen molar-refractivity contribution in [2.24, 2.45) is 0 Å². The van der Waals surface area contributed by atoms with Gasteiger partial charge in [0, 0.05) is 4.47 Å². The quantitative estimate of drug-likeness (QED) is 0.363. The number of halogens is 1. The smallest absolute Gasteiger partial charge is 0.198 e. The summed E-state index contributed by atoms with van der Waals surface area (Å²) in [7, 11) is 0. The third-order valence-corrected chi connectivity index (χ3v) is 7.02. The Hall–Kier alpha value is -2.23. The van der Waals surface area contributed by atoms with Crippen LogP contribution in [0.4, 0.5) is 0 Å². The Morgan fingerprint density at radius 1 is 1.19 bits per heavy atom. The lowest BCUT2D eigenvalue weighted by Gasteiger charge is -2.13. The average Bonchev–Trinajstić information content (AvgIpc) is 3.36. The minimum Gasteiger partial charge on any atom is -0.464 e. The highest BCUT2D eigenvalue weighted by molar-refractivity contribution is 9.10. The molecule has 0 fully saturated rings. The summed E-state index contributed by atoms with van der Waals surface area (Å²) in [5.74, 6) is 1.67. The van der Waals surface area contributed by atoms with Crippen molar-refractivity contribution in [1.82, 2.24) is 18.3 Å². The van der Waals surface area contributed by atoms with E-state index in [0.717, 1.165) is 38.1 Å². The SMILES string of the molecule is O=c1c(C2SCc3nc4ccc5nsnc5c4n32)coc2ccc(Br)cc12. The summed E-state index contributed by atoms with van der Waals surface area (Å²) in [4.78, 5) is 17.9. The molecule has 0 saturated carbocycles. The van der Waals surface area contributed by atoms with Crippen molar-refractivity contribution >= 4 is 72.5 Å². The largest absolute Gasteiger partial charge is 0.464 e. The number of hydrogen-bond donors (Lipinski definition) is 0. The molecule has 0 N–H and O–H groups in total. The highest BCUT2D eigenvalue weighted by Crippen LogP contribution is 2.43. The first-order chi connectivity index (χ1) is 13.2. The molecule has 5 aromatic rings. The summed E-state index contributed by atoms with van der Waals surface area (Å²) in [5.41, 5.74) is 4.66. The number of benzene rings is 2. The Kier molecular flexibility index (Phi) is 3.30. The van der Waals surface area contributed by atoms with Crippen LogP contribution in [0.2, 0.25) is 0 Å². The Balaban J connectivity index is 1.65. The lowest BCUT2D eigenvalue weighted by atomic mass is 10.1. The Bertz CT molecular complexity index is 1440. The molecule has 0 radical (unpaired) electrons. The standard InChI is InChI=1S/C18H9BrN4O2S2/c19-8-1-4-13-9(5-8)17(24)10(6-25-13)18-23-14(7-26-18)20-12-3-2-11-15(16(12)23)22-27-21-11/h1-6,18H,7H2. The van der Waals surface area contributed by atoms with Crippen LogP contribution in [-0.4, -0.2) is 18.3 Å². The van der Waals surface area contributed by atoms with Crippen molar-refractivity contribution in [3.05, 3.63) is 62.7 Å². The summed E-state index contributed by atoms with van der Waals surface area (Å²) in [6, 6.07) is 9.37. The number of nitrogens with zero attached hydrogens (tertiary/aromatic N) is 4. The topological polar surface area (TPSA) is 73.8 Å². The minimum atomic E-state index is -0.197. The first kappa shape index (κ1) is 15.8. The van der Waals surface area contributed by atoms with Gasteiger partial charge in [0.05, 0.1) is 39.5 Å². The second kappa shape index (κ2) is 5.63. The summed E-state index contributed by atoms with van der Waals surface area (Å²) < 4.78 is 17.5. The molecule has 0 saturated heterocycles. The van der Waals surface area contributed by atoms with Gasteiger partial charge in [0.1, 0.15) is 34.1 Å². The fraction of sp³-hybridized carbons (Fsp3) is 0.111. The molecular weight excluding hydrogens is 448 g/mol. The lowest BCUT2D eigenvalue weighted by molar-refractivity contribution is 0.586. The van der Waals surface area contributed by atoms with Crippen molar-refractivity contribution in [1.29, 1.82) is 0 Å². The maximum Gasteiger partial charge on any atom is 0.198 e. The molecule has 0 bridgehead atoms. The van der Waals surface area contributed by atoms with Crippen LogP contribution >= 0.6 is 39.4 Å². The average molecular weight is 457 g/mol. The monoisotopic (exact) mass is 456 g/mol. The molecule has 0 spiro atoms. The van der Waals surface area contributed by atoms with E-state index in [9.17, 15) is 4.79 Å². The molecule has 6 rings (SSSR count). The molecule has 1 aliphatic rings. The first-order valence-electron chi connectivity index (χ1n) is 8.15. The van der Waals surface area contributed by atoms with E-state index < -0.39 is 0 Å². The zero-order chi connectivity index (χ0) is 18.1. The molecule has 9 heteroatoms. The lowest BCUT2D eigenvalue weighted by Crippen LogP contribution is -2.15. The second-order valence-corrected chi connectivity index (χ2v) is 8.80. The van der Waals surface area contributed by atoms with E-state index in [1.165, 1.54) is 11.7 Å². The van der Waals surface area contributed by atoms with Gasteiger partial charge in [-0.15, -0.1) is 11.8 Å². The molecular formula is C18H9BrN4O2S2. The highest BCUT2D eigenvalue weighted by Gasteiger charge is 2.31. The molecule has 3 aromatic heterocycles. The van der Waals surface area contributed by atoms with Crippen molar-refractivity contribution in [2.45, 2.75) is 11.1 Å². The van der Waals surface area contributed by atoms with Gasteiger partial charge in [0.25, 0.3) is 0 Å². The van der Waals surface area contributed by atoms with Gasteiger partial charge in [-0.2, -0.15) is 8.75 Å². The third-order valence-electron chi connectivity index (χ3n) is 4.78. The van der Waals surface area contributed by atoms with Gasteiger partial charge in [0.2, 0.25) is 0 Å². The van der Waals surface area contributed by atoms with Gasteiger partial charge in [0.15, 0.2) is 5.43 Å². The van der Waals surface area contributed by atoms with Gasteiger partial charge < -0.3 is 8.98 Å². The fourth-order valence-corrected chi connectivity index (χ4v) is 5.70. The van der Waals surface area contributed by atoms with Crippen LogP contribution in [0.15, 0.2) is 50.3 Å². The zero-order valence-electron chi connectivity index (χ0n) is 13.5. The van der Waals surface area contributed by atoms with Crippen LogP contribution in [0.5, 0.6) is 0 Å². The number of rotatable bonds is 1. The van der Waals surface area contributed by atoms with E-state index >= 15 is 0 Å². The fourth-order valence-electron chi connectivity index (χ4n) is 3.58. The molecule has 0 amide bonds. The molecule has 132 valence electrons. The first-order valence-corrected chi connectivity index (χ1v) is 10.7. The number of imidazole rings is 1. The molecule has 2 aromatic carbocycles. The number of fused-ring (bicyclic) bond motifs is 6. The van der Waals surface area contributed by atoms with E-state index in [0.29, 0.717) is 16.5 Å². The van der Waals surface area contributed by atoms with Crippen LogP contribution in [0, 0.1) is 0 Å². The van der Waals surface area contributed by atoms with Crippen molar-refractivity contribution in [3.63, 3.8) is 0 Å². The summed E-state index contributed by atoms with van der Waals surface area (Å²) in [6.45, 7) is 0. The van der Waals surface area contributed by atoms with Crippen LogP contribution in [-0.2, 0) is 5.75 Å². The molecule has 1 unspecified atom stereocenters. The Morgan fingerprint density at radius 3 is 3.00 bits per heavy atom. The van der Waals surface area contributed by atoms with E-state index in [1.807, 2.05) is 18.2 Å². The van der Waals surface area contributed by atoms with Gasteiger partial charge in [-0.3, -0.25) is 4.79 Å². The van der Waals surface area contributed by atoms with Crippen LogP contribution in [0.1, 0.15) is 16.8 Å². The van der Waals surface area contributed by atoms with E-state index in [1.54, 1.807) is 30.2 Å². The predicted molar refractivity (Wildman–Crippen MR) is 110 cm³/mol. The second-order valence-electron chi connectivity index (χ2n) is 6.29. The van der Waals surface area contributed by atoms with Crippen molar-refractivity contribution in [3.8, 4) is 0 Å². The molecule has 0 aliphatic carbocycles. The predicted octanol–water partition coefficient (Wildman–Crippen LogP) is 4.70. The van der Waals surface area contributed by atoms with Crippen LogP contribution in [0.3, 0.4) is 0 Å². The molecule has 6 nitrogen and oxygen atoms in total. The van der Waals surface area contributed by atoms with E-state index in [-0.39, 0.29) is 10.8 Å². The summed E-state index contributed by atoms with van der Waals surface area (Å²) >= 11 is 6.29. The van der Waals surface area contributed by atoms with Crippen molar-refractivity contribution < 1.29 is 4.42 Å². The Morgan fingerprint density at radius 2 is 2.07 bits per heavy atom. The summed E-state index contributed by atoms with van der Waals surface area (Å²) in [6.07, 6.45) is 1.58. The zero-order valence-corrected chi connectivity index (χ0v) is 16.8. The van der Waals surface area contributed by atoms with Gasteiger partial charge in [-0.25, -0.2) is 4.98 Å².